The Hall–Kier alpha value is -2.08. The molecule has 0 bridgehead atoms. The lowest BCUT2D eigenvalue weighted by molar-refractivity contribution is 0.101. The van der Waals surface area contributed by atoms with Gasteiger partial charge in [-0.15, -0.1) is 5.10 Å². The molecule has 7 heteroatoms. The van der Waals surface area contributed by atoms with Gasteiger partial charge in [-0.05, 0) is 32.0 Å². The van der Waals surface area contributed by atoms with E-state index in [2.05, 4.69) is 20.5 Å². The molecule has 1 heterocycles. The van der Waals surface area contributed by atoms with Crippen LogP contribution in [0.15, 0.2) is 18.2 Å². The van der Waals surface area contributed by atoms with E-state index in [4.69, 9.17) is 16.3 Å². The second kappa shape index (κ2) is 5.71. The molecule has 1 amide bonds. The van der Waals surface area contributed by atoms with E-state index in [9.17, 15) is 4.79 Å². The third-order valence-corrected chi connectivity index (χ3v) is 2.53. The summed E-state index contributed by atoms with van der Waals surface area (Å²) in [5.74, 6) is 0.765. The minimum atomic E-state index is -0.424. The van der Waals surface area contributed by atoms with Crippen LogP contribution in [0.1, 0.15) is 23.4 Å². The van der Waals surface area contributed by atoms with Gasteiger partial charge in [-0.2, -0.15) is 0 Å². The second-order valence-electron chi connectivity index (χ2n) is 3.77. The number of aryl methyl sites for hydroxylation is 1. The normalized spacial score (nSPS) is 10.3. The van der Waals surface area contributed by atoms with Crippen LogP contribution in [-0.2, 0) is 0 Å². The Bertz CT molecular complexity index is 597. The van der Waals surface area contributed by atoms with Gasteiger partial charge in [0.1, 0.15) is 11.6 Å². The fourth-order valence-corrected chi connectivity index (χ4v) is 1.68. The number of benzene rings is 1. The molecular formula is C12H13ClN4O2. The third kappa shape index (κ3) is 3.23. The lowest BCUT2D eigenvalue weighted by Gasteiger charge is -2.10. The first kappa shape index (κ1) is 13.4. The molecule has 100 valence electrons. The number of aromatic nitrogens is 3. The van der Waals surface area contributed by atoms with Crippen LogP contribution in [-0.4, -0.2) is 27.7 Å². The molecule has 0 fully saturated rings. The molecule has 2 aromatic rings. The summed E-state index contributed by atoms with van der Waals surface area (Å²) < 4.78 is 5.41. The number of halogens is 1. The van der Waals surface area contributed by atoms with Gasteiger partial charge in [0, 0.05) is 5.02 Å². The number of nitrogens with zero attached hydrogens (tertiary/aromatic N) is 2. The van der Waals surface area contributed by atoms with E-state index in [-0.39, 0.29) is 5.82 Å². The van der Waals surface area contributed by atoms with Crippen molar-refractivity contribution in [2.75, 3.05) is 11.9 Å². The van der Waals surface area contributed by atoms with Gasteiger partial charge in [-0.25, -0.2) is 4.98 Å². The molecule has 0 saturated heterocycles. The molecule has 19 heavy (non-hydrogen) atoms. The van der Waals surface area contributed by atoms with E-state index in [1.807, 2.05) is 6.92 Å². The maximum absolute atomic E-state index is 11.9. The highest BCUT2D eigenvalue weighted by atomic mass is 35.5. The Kier molecular flexibility index (Phi) is 4.01. The van der Waals surface area contributed by atoms with Gasteiger partial charge >= 0.3 is 0 Å². The predicted octanol–water partition coefficient (Wildman–Crippen LogP) is 2.42. The molecule has 2 N–H and O–H groups in total. The van der Waals surface area contributed by atoms with Crippen LogP contribution in [0.25, 0.3) is 0 Å². The van der Waals surface area contributed by atoms with E-state index in [1.54, 1.807) is 25.1 Å². The predicted molar refractivity (Wildman–Crippen MR) is 71.7 cm³/mol. The Labute approximate surface area is 115 Å². The Morgan fingerprint density at radius 3 is 2.95 bits per heavy atom. The van der Waals surface area contributed by atoms with Crippen molar-refractivity contribution < 1.29 is 9.53 Å². The summed E-state index contributed by atoms with van der Waals surface area (Å²) in [7, 11) is 0. The Morgan fingerprint density at radius 1 is 1.53 bits per heavy atom. The first-order valence-electron chi connectivity index (χ1n) is 5.73. The number of rotatable bonds is 4. The topological polar surface area (TPSA) is 79.9 Å². The highest BCUT2D eigenvalue weighted by Crippen LogP contribution is 2.28. The molecule has 0 aliphatic rings. The van der Waals surface area contributed by atoms with Gasteiger partial charge in [-0.3, -0.25) is 9.89 Å². The van der Waals surface area contributed by atoms with Crippen molar-refractivity contribution in [3.05, 3.63) is 34.9 Å². The van der Waals surface area contributed by atoms with Crippen molar-refractivity contribution in [2.45, 2.75) is 13.8 Å². The number of hydrogen-bond acceptors (Lipinski definition) is 4. The largest absolute Gasteiger partial charge is 0.492 e. The fourth-order valence-electron chi connectivity index (χ4n) is 1.50. The summed E-state index contributed by atoms with van der Waals surface area (Å²) in [6, 6.07) is 5.01. The first-order valence-corrected chi connectivity index (χ1v) is 6.10. The molecule has 1 aromatic carbocycles. The number of hydrogen-bond donors (Lipinski definition) is 2. The maximum atomic E-state index is 11.9. The summed E-state index contributed by atoms with van der Waals surface area (Å²) in [5.41, 5.74) is 0.488. The molecular weight excluding hydrogens is 268 g/mol. The van der Waals surface area contributed by atoms with E-state index in [1.165, 1.54) is 0 Å². The highest BCUT2D eigenvalue weighted by Gasteiger charge is 2.14. The number of carbonyl (C=O) groups is 1. The van der Waals surface area contributed by atoms with E-state index < -0.39 is 5.91 Å². The van der Waals surface area contributed by atoms with Crippen LogP contribution < -0.4 is 10.1 Å². The average molecular weight is 281 g/mol. The lowest BCUT2D eigenvalue weighted by atomic mass is 10.3. The number of ether oxygens (including phenoxy) is 1. The first-order chi connectivity index (χ1) is 9.10. The number of aromatic amines is 1. The van der Waals surface area contributed by atoms with Crippen LogP contribution >= 0.6 is 11.6 Å². The molecule has 0 unspecified atom stereocenters. The van der Waals surface area contributed by atoms with Crippen molar-refractivity contribution >= 4 is 23.2 Å². The SMILES string of the molecule is CCOc1ccc(Cl)cc1NC(=O)c1n[nH]c(C)n1. The molecule has 1 aromatic heterocycles. The van der Waals surface area contributed by atoms with E-state index in [0.717, 1.165) is 0 Å². The fraction of sp³-hybridized carbons (Fsp3) is 0.250. The van der Waals surface area contributed by atoms with E-state index >= 15 is 0 Å². The van der Waals surface area contributed by atoms with Crippen LogP contribution in [0.5, 0.6) is 5.75 Å². The zero-order valence-corrected chi connectivity index (χ0v) is 11.3. The van der Waals surface area contributed by atoms with Gasteiger partial charge in [0.2, 0.25) is 5.82 Å². The minimum Gasteiger partial charge on any atom is -0.492 e. The van der Waals surface area contributed by atoms with Crippen LogP contribution in [0.2, 0.25) is 5.02 Å². The van der Waals surface area contributed by atoms with Gasteiger partial charge in [0.05, 0.1) is 12.3 Å². The molecule has 0 atom stereocenters. The van der Waals surface area contributed by atoms with Crippen molar-refractivity contribution in [2.24, 2.45) is 0 Å². The number of amides is 1. The molecule has 6 nitrogen and oxygen atoms in total. The molecule has 2 rings (SSSR count). The molecule has 0 saturated carbocycles. The van der Waals surface area contributed by atoms with Gasteiger partial charge in [0.25, 0.3) is 5.91 Å². The third-order valence-electron chi connectivity index (χ3n) is 2.29. The van der Waals surface area contributed by atoms with Gasteiger partial charge in [0.15, 0.2) is 0 Å². The highest BCUT2D eigenvalue weighted by molar-refractivity contribution is 6.31. The second-order valence-corrected chi connectivity index (χ2v) is 4.21. The minimum absolute atomic E-state index is 0.0694. The Morgan fingerprint density at radius 2 is 2.32 bits per heavy atom. The standard InChI is InChI=1S/C12H13ClN4O2/c1-3-19-10-5-4-8(13)6-9(10)15-12(18)11-14-7(2)16-17-11/h4-6H,3H2,1-2H3,(H,15,18)(H,14,16,17). The van der Waals surface area contributed by atoms with Crippen molar-refractivity contribution in [1.82, 2.24) is 15.2 Å². The van der Waals surface area contributed by atoms with Crippen LogP contribution in [0.4, 0.5) is 5.69 Å². The quantitative estimate of drug-likeness (QED) is 0.901. The van der Waals surface area contributed by atoms with Crippen molar-refractivity contribution in [3.63, 3.8) is 0 Å². The van der Waals surface area contributed by atoms with E-state index in [0.29, 0.717) is 28.9 Å². The number of H-pyrrole nitrogens is 1. The summed E-state index contributed by atoms with van der Waals surface area (Å²) in [6.07, 6.45) is 0. The van der Waals surface area contributed by atoms with Crippen LogP contribution in [0.3, 0.4) is 0 Å². The summed E-state index contributed by atoms with van der Waals surface area (Å²) >= 11 is 5.91. The van der Waals surface area contributed by atoms with Crippen molar-refractivity contribution in [1.29, 1.82) is 0 Å². The number of nitrogens with one attached hydrogen (secondary N) is 2. The van der Waals surface area contributed by atoms with Gasteiger partial charge in [-0.1, -0.05) is 11.6 Å². The molecule has 0 spiro atoms. The van der Waals surface area contributed by atoms with Crippen LogP contribution in [0, 0.1) is 6.92 Å². The maximum Gasteiger partial charge on any atom is 0.295 e. The average Bonchev–Trinajstić information content (AvgIpc) is 2.80. The zero-order chi connectivity index (χ0) is 13.8. The lowest BCUT2D eigenvalue weighted by Crippen LogP contribution is -2.14. The summed E-state index contributed by atoms with van der Waals surface area (Å²) in [4.78, 5) is 15.9. The Balaban J connectivity index is 2.22. The number of anilines is 1. The summed E-state index contributed by atoms with van der Waals surface area (Å²) in [5, 5.41) is 9.57. The van der Waals surface area contributed by atoms with Gasteiger partial charge < -0.3 is 10.1 Å². The molecule has 0 radical (unpaired) electrons. The summed E-state index contributed by atoms with van der Waals surface area (Å²) in [6.45, 7) is 4.07. The molecule has 0 aliphatic heterocycles. The van der Waals surface area contributed by atoms with Crippen molar-refractivity contribution in [3.8, 4) is 5.75 Å². The zero-order valence-electron chi connectivity index (χ0n) is 10.5. The number of carbonyl (C=O) groups excluding carboxylic acids is 1. The molecule has 0 aliphatic carbocycles. The smallest absolute Gasteiger partial charge is 0.295 e. The monoisotopic (exact) mass is 280 g/mol.